The summed E-state index contributed by atoms with van der Waals surface area (Å²) >= 11 is 0. The van der Waals surface area contributed by atoms with Crippen molar-refractivity contribution in [1.29, 1.82) is 0 Å². The summed E-state index contributed by atoms with van der Waals surface area (Å²) in [4.78, 5) is 48.7. The molecule has 0 atom stereocenters. The first-order valence-electron chi connectivity index (χ1n) is 6.77. The van der Waals surface area contributed by atoms with E-state index in [2.05, 4.69) is 9.72 Å². The number of amides is 2. The van der Waals surface area contributed by atoms with Gasteiger partial charge in [0.2, 0.25) is 5.56 Å². The van der Waals surface area contributed by atoms with Gasteiger partial charge in [-0.15, -0.1) is 0 Å². The fraction of sp³-hybridized carbons (Fsp3) is 0.200. The van der Waals surface area contributed by atoms with Crippen molar-refractivity contribution in [2.24, 2.45) is 0 Å². The molecule has 0 spiro atoms. The van der Waals surface area contributed by atoms with E-state index in [4.69, 9.17) is 4.74 Å². The SMILES string of the molecule is CCOC(=O)NC(=O)COC(=O)c1cc(=O)[nH]c2ccccc12. The number of H-pyrrole nitrogens is 1. The highest BCUT2D eigenvalue weighted by Crippen LogP contribution is 2.15. The second-order valence-corrected chi connectivity index (χ2v) is 4.44. The van der Waals surface area contributed by atoms with Crippen LogP contribution in [0.1, 0.15) is 17.3 Å². The summed E-state index contributed by atoms with van der Waals surface area (Å²) in [6.07, 6.45) is -0.921. The largest absolute Gasteiger partial charge is 0.452 e. The lowest BCUT2D eigenvalue weighted by atomic mass is 10.1. The molecule has 2 N–H and O–H groups in total. The molecule has 0 saturated carbocycles. The average Bonchev–Trinajstić information content (AvgIpc) is 2.52. The van der Waals surface area contributed by atoms with E-state index < -0.39 is 30.1 Å². The van der Waals surface area contributed by atoms with E-state index in [0.717, 1.165) is 6.07 Å². The number of carbonyl (C=O) groups is 3. The Labute approximate surface area is 130 Å². The maximum atomic E-state index is 12.1. The Hall–Kier alpha value is -3.16. The number of aromatic amines is 1. The smallest absolute Gasteiger partial charge is 0.413 e. The Bertz CT molecular complexity index is 811. The molecule has 0 radical (unpaired) electrons. The lowest BCUT2D eigenvalue weighted by molar-refractivity contribution is -0.123. The minimum Gasteiger partial charge on any atom is -0.452 e. The predicted octanol–water partition coefficient (Wildman–Crippen LogP) is 0.958. The number of aromatic nitrogens is 1. The lowest BCUT2D eigenvalue weighted by Crippen LogP contribution is -2.34. The van der Waals surface area contributed by atoms with Crippen molar-refractivity contribution in [3.8, 4) is 0 Å². The number of ether oxygens (including phenoxy) is 2. The molecule has 0 aliphatic heterocycles. The van der Waals surface area contributed by atoms with Gasteiger partial charge in [-0.3, -0.25) is 14.9 Å². The molecule has 0 aliphatic carbocycles. The molecular formula is C15H14N2O6. The summed E-state index contributed by atoms with van der Waals surface area (Å²) in [5.74, 6) is -1.67. The standard InChI is InChI=1S/C15H14N2O6/c1-2-22-15(21)17-13(19)8-23-14(20)10-7-12(18)16-11-6-4-3-5-9(10)11/h3-7H,2,8H2,1H3,(H,16,18)(H,17,19,21). The number of imide groups is 1. The van der Waals surface area contributed by atoms with Gasteiger partial charge in [-0.25, -0.2) is 9.59 Å². The predicted molar refractivity (Wildman–Crippen MR) is 80.0 cm³/mol. The minimum absolute atomic E-state index is 0.0354. The highest BCUT2D eigenvalue weighted by atomic mass is 16.6. The molecule has 0 bridgehead atoms. The van der Waals surface area contributed by atoms with Crippen molar-refractivity contribution in [1.82, 2.24) is 10.3 Å². The number of hydrogen-bond donors (Lipinski definition) is 2. The van der Waals surface area contributed by atoms with E-state index in [-0.39, 0.29) is 12.2 Å². The number of pyridine rings is 1. The zero-order chi connectivity index (χ0) is 16.8. The second-order valence-electron chi connectivity index (χ2n) is 4.44. The number of fused-ring (bicyclic) bond motifs is 1. The summed E-state index contributed by atoms with van der Waals surface area (Å²) in [7, 11) is 0. The van der Waals surface area contributed by atoms with Crippen LogP contribution in [0.25, 0.3) is 10.9 Å². The van der Waals surface area contributed by atoms with Crippen LogP contribution in [0.2, 0.25) is 0 Å². The molecule has 2 rings (SSSR count). The van der Waals surface area contributed by atoms with Crippen LogP contribution in [0.15, 0.2) is 35.1 Å². The highest BCUT2D eigenvalue weighted by molar-refractivity contribution is 6.04. The molecule has 0 fully saturated rings. The van der Waals surface area contributed by atoms with Gasteiger partial charge in [-0.05, 0) is 13.0 Å². The minimum atomic E-state index is -0.921. The molecule has 120 valence electrons. The number of hydrogen-bond acceptors (Lipinski definition) is 6. The van der Waals surface area contributed by atoms with Gasteiger partial charge in [0.25, 0.3) is 5.91 Å². The van der Waals surface area contributed by atoms with Crippen molar-refractivity contribution >= 4 is 28.9 Å². The van der Waals surface area contributed by atoms with Gasteiger partial charge in [0.05, 0.1) is 12.2 Å². The fourth-order valence-electron chi connectivity index (χ4n) is 1.90. The van der Waals surface area contributed by atoms with Gasteiger partial charge < -0.3 is 14.5 Å². The van der Waals surface area contributed by atoms with E-state index in [0.29, 0.717) is 10.9 Å². The van der Waals surface area contributed by atoms with Crippen LogP contribution in [-0.2, 0) is 14.3 Å². The van der Waals surface area contributed by atoms with Crippen LogP contribution < -0.4 is 10.9 Å². The van der Waals surface area contributed by atoms with Crippen LogP contribution in [0, 0.1) is 0 Å². The van der Waals surface area contributed by atoms with Gasteiger partial charge in [0.15, 0.2) is 6.61 Å². The first-order valence-corrected chi connectivity index (χ1v) is 6.77. The number of nitrogens with one attached hydrogen (secondary N) is 2. The van der Waals surface area contributed by atoms with Crippen LogP contribution >= 0.6 is 0 Å². The third-order valence-corrected chi connectivity index (χ3v) is 2.82. The number of benzene rings is 1. The zero-order valence-electron chi connectivity index (χ0n) is 12.3. The Balaban J connectivity index is 2.08. The monoisotopic (exact) mass is 318 g/mol. The van der Waals surface area contributed by atoms with Gasteiger partial charge in [-0.1, -0.05) is 18.2 Å². The van der Waals surface area contributed by atoms with Crippen LogP contribution in [0.5, 0.6) is 0 Å². The maximum absolute atomic E-state index is 12.1. The molecule has 8 nitrogen and oxygen atoms in total. The fourth-order valence-corrected chi connectivity index (χ4v) is 1.90. The Morgan fingerprint density at radius 2 is 1.91 bits per heavy atom. The molecule has 0 unspecified atom stereocenters. The molecule has 1 heterocycles. The van der Waals surface area contributed by atoms with E-state index in [1.165, 1.54) is 0 Å². The van der Waals surface area contributed by atoms with E-state index in [1.54, 1.807) is 31.2 Å². The van der Waals surface area contributed by atoms with Crippen molar-refractivity contribution in [2.75, 3.05) is 13.2 Å². The summed E-state index contributed by atoms with van der Waals surface area (Å²) in [5, 5.41) is 2.38. The van der Waals surface area contributed by atoms with Crippen LogP contribution in [0.3, 0.4) is 0 Å². The number of para-hydroxylation sites is 1. The summed E-state index contributed by atoms with van der Waals surface area (Å²) in [6, 6.07) is 7.78. The first-order chi connectivity index (χ1) is 11.0. The quantitative estimate of drug-likeness (QED) is 0.811. The van der Waals surface area contributed by atoms with Crippen molar-refractivity contribution in [2.45, 2.75) is 6.92 Å². The van der Waals surface area contributed by atoms with E-state index in [9.17, 15) is 19.2 Å². The Morgan fingerprint density at radius 3 is 2.65 bits per heavy atom. The van der Waals surface area contributed by atoms with Gasteiger partial charge >= 0.3 is 12.1 Å². The maximum Gasteiger partial charge on any atom is 0.413 e. The first kappa shape index (κ1) is 16.2. The van der Waals surface area contributed by atoms with E-state index >= 15 is 0 Å². The summed E-state index contributed by atoms with van der Waals surface area (Å²) in [5.41, 5.74) is 0.0443. The number of alkyl carbamates (subject to hydrolysis) is 1. The molecule has 0 saturated heterocycles. The topological polar surface area (TPSA) is 115 Å². The van der Waals surface area contributed by atoms with Gasteiger partial charge in [0.1, 0.15) is 0 Å². The zero-order valence-corrected chi connectivity index (χ0v) is 12.3. The van der Waals surface area contributed by atoms with Crippen LogP contribution in [0.4, 0.5) is 4.79 Å². The highest BCUT2D eigenvalue weighted by Gasteiger charge is 2.16. The summed E-state index contributed by atoms with van der Waals surface area (Å²) in [6.45, 7) is 1.03. The lowest BCUT2D eigenvalue weighted by Gasteiger charge is -2.07. The van der Waals surface area contributed by atoms with Crippen molar-refractivity contribution in [3.63, 3.8) is 0 Å². The molecule has 23 heavy (non-hydrogen) atoms. The molecule has 1 aromatic heterocycles. The summed E-state index contributed by atoms with van der Waals surface area (Å²) < 4.78 is 9.34. The molecule has 8 heteroatoms. The number of carbonyl (C=O) groups excluding carboxylic acids is 3. The molecule has 1 aromatic carbocycles. The van der Waals surface area contributed by atoms with Crippen molar-refractivity contribution in [3.05, 3.63) is 46.2 Å². The molecule has 2 aromatic rings. The van der Waals surface area contributed by atoms with Crippen LogP contribution in [-0.4, -0.2) is 36.2 Å². The molecule has 0 aliphatic rings. The molecule has 2 amide bonds. The number of rotatable bonds is 4. The number of esters is 1. The van der Waals surface area contributed by atoms with Gasteiger partial charge in [0, 0.05) is 17.0 Å². The molecular weight excluding hydrogens is 304 g/mol. The second kappa shape index (κ2) is 7.21. The third-order valence-electron chi connectivity index (χ3n) is 2.82. The van der Waals surface area contributed by atoms with Crippen molar-refractivity contribution < 1.29 is 23.9 Å². The van der Waals surface area contributed by atoms with E-state index in [1.807, 2.05) is 5.32 Å². The normalized spacial score (nSPS) is 10.1. The Morgan fingerprint density at radius 1 is 1.17 bits per heavy atom. The van der Waals surface area contributed by atoms with Gasteiger partial charge in [-0.2, -0.15) is 0 Å². The average molecular weight is 318 g/mol. The third kappa shape index (κ3) is 4.16. The Kier molecular flexibility index (Phi) is 5.08.